The van der Waals surface area contributed by atoms with Crippen molar-refractivity contribution in [3.63, 3.8) is 0 Å². The van der Waals surface area contributed by atoms with Crippen LogP contribution in [0.25, 0.3) is 0 Å². The normalized spacial score (nSPS) is 23.2. The van der Waals surface area contributed by atoms with Gasteiger partial charge < -0.3 is 4.74 Å². The van der Waals surface area contributed by atoms with E-state index in [1.165, 1.54) is 10.4 Å². The van der Waals surface area contributed by atoms with E-state index >= 15 is 0 Å². The van der Waals surface area contributed by atoms with Gasteiger partial charge in [0.2, 0.25) is 10.0 Å². The highest BCUT2D eigenvalue weighted by Gasteiger charge is 2.52. The van der Waals surface area contributed by atoms with Gasteiger partial charge in [-0.15, -0.1) is 23.2 Å². The highest BCUT2D eigenvalue weighted by molar-refractivity contribution is 7.89. The topological polar surface area (TPSA) is 63.7 Å². The summed E-state index contributed by atoms with van der Waals surface area (Å²) in [6.45, 7) is 2.92. The molecule has 0 bridgehead atoms. The van der Waals surface area contributed by atoms with E-state index in [4.69, 9.17) is 27.9 Å². The second-order valence-electron chi connectivity index (χ2n) is 6.70. The number of carbonyl (C=O) groups is 1. The van der Waals surface area contributed by atoms with E-state index in [2.05, 4.69) is 0 Å². The summed E-state index contributed by atoms with van der Waals surface area (Å²) in [5, 5.41) is 0. The number of alkyl halides is 2. The Kier molecular flexibility index (Phi) is 5.36. The van der Waals surface area contributed by atoms with Crippen molar-refractivity contribution in [3.8, 4) is 0 Å². The molecule has 1 atom stereocenters. The quantitative estimate of drug-likeness (QED) is 0.555. The Balaban J connectivity index is 1.76. The summed E-state index contributed by atoms with van der Waals surface area (Å²) in [5.41, 5.74) is 0.926. The van der Waals surface area contributed by atoms with Crippen molar-refractivity contribution >= 4 is 39.2 Å². The maximum atomic E-state index is 12.8. The van der Waals surface area contributed by atoms with Crippen molar-refractivity contribution in [3.05, 3.63) is 29.3 Å². The molecule has 0 spiro atoms. The van der Waals surface area contributed by atoms with Gasteiger partial charge in [-0.3, -0.25) is 0 Å². The second kappa shape index (κ2) is 7.06. The first-order valence-corrected chi connectivity index (χ1v) is 10.6. The number of esters is 1. The first-order chi connectivity index (χ1) is 11.7. The minimum absolute atomic E-state index is 0.0691. The molecule has 25 heavy (non-hydrogen) atoms. The van der Waals surface area contributed by atoms with Crippen LogP contribution in [0.3, 0.4) is 0 Å². The molecule has 138 valence electrons. The summed E-state index contributed by atoms with van der Waals surface area (Å²) < 4.78 is 31.5. The van der Waals surface area contributed by atoms with E-state index in [1.807, 2.05) is 0 Å². The molecule has 0 radical (unpaired) electrons. The third kappa shape index (κ3) is 4.13. The first-order valence-electron chi connectivity index (χ1n) is 8.37. The average Bonchev–Trinajstić information content (AvgIpc) is 3.20. The molecule has 3 rings (SSSR count). The number of hydrogen-bond acceptors (Lipinski definition) is 4. The van der Waals surface area contributed by atoms with Crippen LogP contribution >= 0.6 is 23.2 Å². The van der Waals surface area contributed by atoms with Crippen LogP contribution in [0.4, 0.5) is 0 Å². The maximum absolute atomic E-state index is 12.8. The lowest BCUT2D eigenvalue weighted by atomic mass is 10.1. The second-order valence-corrected chi connectivity index (χ2v) is 10.2. The highest BCUT2D eigenvalue weighted by Crippen LogP contribution is 2.53. The van der Waals surface area contributed by atoms with Crippen molar-refractivity contribution in [2.75, 3.05) is 19.7 Å². The molecule has 1 aliphatic heterocycles. The van der Waals surface area contributed by atoms with Gasteiger partial charge in [0.05, 0.1) is 17.1 Å². The van der Waals surface area contributed by atoms with Crippen LogP contribution in [0.2, 0.25) is 0 Å². The summed E-state index contributed by atoms with van der Waals surface area (Å²) in [7, 11) is -3.59. The van der Waals surface area contributed by atoms with Crippen molar-refractivity contribution in [1.29, 1.82) is 0 Å². The number of carbonyl (C=O) groups excluding carboxylic acids is 1. The van der Waals surface area contributed by atoms with E-state index in [-0.39, 0.29) is 23.0 Å². The van der Waals surface area contributed by atoms with E-state index < -0.39 is 20.3 Å². The van der Waals surface area contributed by atoms with Gasteiger partial charge in [0.25, 0.3) is 0 Å². The molecule has 1 aliphatic carbocycles. The summed E-state index contributed by atoms with van der Waals surface area (Å²) in [4.78, 5) is 12.5. The summed E-state index contributed by atoms with van der Waals surface area (Å²) >= 11 is 11.9. The Labute approximate surface area is 158 Å². The molecule has 0 N–H and O–H groups in total. The number of rotatable bonds is 5. The Bertz CT molecular complexity index is 773. The zero-order chi connectivity index (χ0) is 18.2. The van der Waals surface area contributed by atoms with Gasteiger partial charge in [0, 0.05) is 19.0 Å². The zero-order valence-corrected chi connectivity index (χ0v) is 16.3. The zero-order valence-electron chi connectivity index (χ0n) is 14.0. The molecule has 0 unspecified atom stereocenters. The monoisotopic (exact) mass is 405 g/mol. The number of halogens is 2. The Morgan fingerprint density at radius 3 is 2.52 bits per heavy atom. The van der Waals surface area contributed by atoms with Crippen molar-refractivity contribution < 1.29 is 17.9 Å². The fraction of sp³-hybridized carbons (Fsp3) is 0.588. The predicted molar refractivity (Wildman–Crippen MR) is 96.6 cm³/mol. The average molecular weight is 406 g/mol. The fourth-order valence-electron chi connectivity index (χ4n) is 2.94. The third-order valence-corrected chi connectivity index (χ3v) is 7.57. The number of sulfonamides is 1. The summed E-state index contributed by atoms with van der Waals surface area (Å²) in [6, 6.07) is 4.58. The van der Waals surface area contributed by atoms with Crippen LogP contribution < -0.4 is 0 Å². The lowest BCUT2D eigenvalue weighted by molar-refractivity contribution is 0.0484. The minimum Gasteiger partial charge on any atom is -0.462 e. The maximum Gasteiger partial charge on any atom is 0.338 e. The van der Waals surface area contributed by atoms with Gasteiger partial charge in [-0.05, 0) is 43.9 Å². The van der Waals surface area contributed by atoms with Crippen LogP contribution in [-0.2, 0) is 14.8 Å². The number of piperidine rings is 1. The molecule has 1 heterocycles. The van der Waals surface area contributed by atoms with Gasteiger partial charge in [0.1, 0.15) is 4.33 Å². The number of hydrogen-bond donors (Lipinski definition) is 0. The van der Waals surface area contributed by atoms with Gasteiger partial charge in [-0.25, -0.2) is 13.2 Å². The Morgan fingerprint density at radius 2 is 1.92 bits per heavy atom. The molecule has 1 aromatic rings. The van der Waals surface area contributed by atoms with Crippen LogP contribution in [0.1, 0.15) is 41.6 Å². The van der Waals surface area contributed by atoms with Crippen LogP contribution in [0.15, 0.2) is 23.1 Å². The number of benzene rings is 1. The van der Waals surface area contributed by atoms with Crippen molar-refractivity contribution in [2.45, 2.75) is 41.8 Å². The van der Waals surface area contributed by atoms with E-state index in [0.717, 1.165) is 19.3 Å². The molecular weight excluding hydrogens is 385 g/mol. The largest absolute Gasteiger partial charge is 0.462 e. The van der Waals surface area contributed by atoms with E-state index in [9.17, 15) is 13.2 Å². The molecule has 1 saturated heterocycles. The van der Waals surface area contributed by atoms with Gasteiger partial charge in [0.15, 0.2) is 0 Å². The third-order valence-electron chi connectivity index (χ3n) is 4.75. The Hall–Kier alpha value is -0.820. The van der Waals surface area contributed by atoms with Gasteiger partial charge >= 0.3 is 5.97 Å². The van der Waals surface area contributed by atoms with Crippen LogP contribution in [0, 0.1) is 12.8 Å². The molecule has 0 aromatic heterocycles. The van der Waals surface area contributed by atoms with Crippen LogP contribution in [-0.4, -0.2) is 42.7 Å². The number of ether oxygens (including phenoxy) is 1. The highest BCUT2D eigenvalue weighted by atomic mass is 35.5. The Morgan fingerprint density at radius 1 is 1.28 bits per heavy atom. The van der Waals surface area contributed by atoms with Crippen molar-refractivity contribution in [1.82, 2.24) is 4.31 Å². The molecule has 2 aliphatic rings. The van der Waals surface area contributed by atoms with Gasteiger partial charge in [-0.1, -0.05) is 12.5 Å². The minimum atomic E-state index is -3.59. The SMILES string of the molecule is Cc1ccc(S(=O)(=O)N2CCCCC2)cc1C(=O)OC[C@@H]1CC1(Cl)Cl. The van der Waals surface area contributed by atoms with E-state index in [0.29, 0.717) is 25.1 Å². The molecule has 2 fully saturated rings. The smallest absolute Gasteiger partial charge is 0.338 e. The van der Waals surface area contributed by atoms with Gasteiger partial charge in [-0.2, -0.15) is 4.31 Å². The van der Waals surface area contributed by atoms with Crippen LogP contribution in [0.5, 0.6) is 0 Å². The number of aryl methyl sites for hydroxylation is 1. The summed E-state index contributed by atoms with van der Waals surface area (Å²) in [5.74, 6) is -0.621. The lowest BCUT2D eigenvalue weighted by Crippen LogP contribution is -2.35. The molecule has 1 saturated carbocycles. The molecule has 1 aromatic carbocycles. The predicted octanol–water partition coefficient (Wildman–Crippen LogP) is 3.52. The molecule has 0 amide bonds. The van der Waals surface area contributed by atoms with E-state index in [1.54, 1.807) is 19.1 Å². The standard InChI is InChI=1S/C17H21Cl2NO4S/c1-12-5-6-14(25(22,23)20-7-3-2-4-8-20)9-15(12)16(21)24-11-13-10-17(13,18)19/h5-6,9,13H,2-4,7-8,10-11H2,1H3/t13-/m0/s1. The lowest BCUT2D eigenvalue weighted by Gasteiger charge is -2.26. The molecule has 8 heteroatoms. The van der Waals surface area contributed by atoms with Crippen molar-refractivity contribution in [2.24, 2.45) is 5.92 Å². The number of nitrogens with zero attached hydrogens (tertiary/aromatic N) is 1. The fourth-order valence-corrected chi connectivity index (χ4v) is 4.98. The molecular formula is C17H21Cl2NO4S. The summed E-state index contributed by atoms with van der Waals surface area (Å²) in [6.07, 6.45) is 3.35. The first kappa shape index (κ1) is 19.0. The molecule has 5 nitrogen and oxygen atoms in total.